The van der Waals surface area contributed by atoms with Gasteiger partial charge >= 0.3 is 0 Å². The minimum absolute atomic E-state index is 0.163. The van der Waals surface area contributed by atoms with Gasteiger partial charge in [-0.15, -0.1) is 0 Å². The molecule has 1 unspecified atom stereocenters. The molecule has 1 N–H and O–H groups in total. The molecule has 1 aromatic rings. The molecule has 1 rings (SSSR count). The lowest BCUT2D eigenvalue weighted by Gasteiger charge is -2.33. The van der Waals surface area contributed by atoms with E-state index in [9.17, 15) is 0 Å². The quantitative estimate of drug-likeness (QED) is 0.848. The van der Waals surface area contributed by atoms with E-state index in [-0.39, 0.29) is 5.41 Å². The number of rotatable bonds is 5. The number of aryl methyl sites for hydroxylation is 1. The van der Waals surface area contributed by atoms with Crippen LogP contribution >= 0.6 is 0 Å². The Kier molecular flexibility index (Phi) is 5.21. The molecular formula is C16H27NO. The maximum absolute atomic E-state index is 5.52. The van der Waals surface area contributed by atoms with E-state index in [4.69, 9.17) is 4.74 Å². The molecule has 0 amide bonds. The number of hydrogen-bond acceptors (Lipinski definition) is 2. The highest BCUT2D eigenvalue weighted by Crippen LogP contribution is 2.37. The van der Waals surface area contributed by atoms with E-state index >= 15 is 0 Å². The average molecular weight is 249 g/mol. The summed E-state index contributed by atoms with van der Waals surface area (Å²) in [5.41, 5.74) is 2.70. The summed E-state index contributed by atoms with van der Waals surface area (Å²) in [5.74, 6) is 0.976. The molecule has 2 nitrogen and oxygen atoms in total. The van der Waals surface area contributed by atoms with Gasteiger partial charge in [-0.1, -0.05) is 45.4 Å². The van der Waals surface area contributed by atoms with Gasteiger partial charge in [0.05, 0.1) is 7.11 Å². The highest BCUT2D eigenvalue weighted by atomic mass is 16.5. The summed E-state index contributed by atoms with van der Waals surface area (Å²) in [7, 11) is 1.74. The first kappa shape index (κ1) is 15.0. The molecule has 0 bridgehead atoms. The Morgan fingerprint density at radius 1 is 1.28 bits per heavy atom. The highest BCUT2D eigenvalue weighted by Gasteiger charge is 2.28. The molecule has 1 aromatic carbocycles. The van der Waals surface area contributed by atoms with Crippen molar-refractivity contribution < 1.29 is 4.74 Å². The van der Waals surface area contributed by atoms with E-state index in [1.165, 1.54) is 11.1 Å². The predicted molar refractivity (Wildman–Crippen MR) is 78.2 cm³/mol. The van der Waals surface area contributed by atoms with Crippen molar-refractivity contribution >= 4 is 0 Å². The van der Waals surface area contributed by atoms with Crippen LogP contribution in [-0.4, -0.2) is 13.7 Å². The maximum Gasteiger partial charge on any atom is 0.123 e. The second-order valence-corrected chi connectivity index (χ2v) is 6.00. The van der Waals surface area contributed by atoms with E-state index in [0.29, 0.717) is 6.04 Å². The Bertz CT molecular complexity index is 379. The predicted octanol–water partition coefficient (Wildman–Crippen LogP) is 4.09. The lowest BCUT2D eigenvalue weighted by Crippen LogP contribution is -2.33. The summed E-state index contributed by atoms with van der Waals surface area (Å²) >= 11 is 0. The van der Waals surface area contributed by atoms with Crippen molar-refractivity contribution in [2.45, 2.75) is 47.1 Å². The van der Waals surface area contributed by atoms with Gasteiger partial charge in [0.1, 0.15) is 5.75 Å². The van der Waals surface area contributed by atoms with Gasteiger partial charge in [-0.05, 0) is 31.4 Å². The van der Waals surface area contributed by atoms with Crippen LogP contribution in [0.4, 0.5) is 0 Å². The molecule has 0 spiro atoms. The molecule has 0 saturated carbocycles. The summed E-state index contributed by atoms with van der Waals surface area (Å²) in [6.07, 6.45) is 1.14. The first-order valence-electron chi connectivity index (χ1n) is 6.78. The number of hydrogen-bond donors (Lipinski definition) is 1. The van der Waals surface area contributed by atoms with Crippen molar-refractivity contribution in [1.29, 1.82) is 0 Å². The molecule has 0 radical (unpaired) electrons. The van der Waals surface area contributed by atoms with Gasteiger partial charge < -0.3 is 10.1 Å². The molecule has 0 aliphatic carbocycles. The molecule has 0 aliphatic rings. The molecular weight excluding hydrogens is 222 g/mol. The fourth-order valence-electron chi connectivity index (χ4n) is 2.25. The van der Waals surface area contributed by atoms with Gasteiger partial charge in [0.25, 0.3) is 0 Å². The van der Waals surface area contributed by atoms with Crippen molar-refractivity contribution in [2.24, 2.45) is 5.41 Å². The van der Waals surface area contributed by atoms with Crippen molar-refractivity contribution in [1.82, 2.24) is 5.32 Å². The monoisotopic (exact) mass is 249 g/mol. The Hall–Kier alpha value is -1.02. The minimum Gasteiger partial charge on any atom is -0.496 e. The topological polar surface area (TPSA) is 21.3 Å². The molecule has 0 saturated heterocycles. The van der Waals surface area contributed by atoms with Crippen LogP contribution in [0.3, 0.4) is 0 Å². The average Bonchev–Trinajstić information content (AvgIpc) is 2.28. The smallest absolute Gasteiger partial charge is 0.123 e. The van der Waals surface area contributed by atoms with Crippen molar-refractivity contribution in [3.05, 3.63) is 29.3 Å². The van der Waals surface area contributed by atoms with E-state index in [0.717, 1.165) is 18.7 Å². The minimum atomic E-state index is 0.163. The van der Waals surface area contributed by atoms with Gasteiger partial charge in [0, 0.05) is 11.6 Å². The summed E-state index contributed by atoms with van der Waals surface area (Å²) in [5, 5.41) is 3.65. The standard InChI is InChI=1S/C16H27NO/c1-7-10-17-15(16(3,4)5)13-11-12(2)8-9-14(13)18-6/h8-9,11,15,17H,7,10H2,1-6H3. The van der Waals surface area contributed by atoms with Crippen LogP contribution < -0.4 is 10.1 Å². The molecule has 18 heavy (non-hydrogen) atoms. The molecule has 0 fully saturated rings. The number of nitrogens with one attached hydrogen (secondary N) is 1. The van der Waals surface area contributed by atoms with Gasteiger partial charge in [0.15, 0.2) is 0 Å². The molecule has 1 atom stereocenters. The second kappa shape index (κ2) is 6.24. The van der Waals surface area contributed by atoms with Crippen molar-refractivity contribution in [3.63, 3.8) is 0 Å². The largest absolute Gasteiger partial charge is 0.496 e. The lowest BCUT2D eigenvalue weighted by molar-refractivity contribution is 0.265. The first-order chi connectivity index (χ1) is 8.40. The Labute approximate surface area is 112 Å². The third-order valence-electron chi connectivity index (χ3n) is 3.16. The third kappa shape index (κ3) is 3.74. The zero-order valence-electron chi connectivity index (χ0n) is 12.6. The van der Waals surface area contributed by atoms with E-state index in [1.807, 2.05) is 0 Å². The summed E-state index contributed by atoms with van der Waals surface area (Å²) in [6, 6.07) is 6.71. The number of ether oxygens (including phenoxy) is 1. The zero-order valence-corrected chi connectivity index (χ0v) is 12.6. The molecule has 102 valence electrons. The van der Waals surface area contributed by atoms with Crippen LogP contribution in [0.5, 0.6) is 5.75 Å². The van der Waals surface area contributed by atoms with Crippen LogP contribution in [0.1, 0.15) is 51.3 Å². The van der Waals surface area contributed by atoms with Gasteiger partial charge in [-0.3, -0.25) is 0 Å². The molecule has 2 heteroatoms. The molecule has 0 heterocycles. The zero-order chi connectivity index (χ0) is 13.8. The summed E-state index contributed by atoms with van der Waals surface area (Å²) in [4.78, 5) is 0. The van der Waals surface area contributed by atoms with Crippen LogP contribution in [0, 0.1) is 12.3 Å². The summed E-state index contributed by atoms with van der Waals surface area (Å²) in [6.45, 7) is 12.1. The van der Waals surface area contributed by atoms with E-state index < -0.39 is 0 Å². The van der Waals surface area contributed by atoms with E-state index in [1.54, 1.807) is 7.11 Å². The Morgan fingerprint density at radius 2 is 1.94 bits per heavy atom. The molecule has 0 aliphatic heterocycles. The van der Waals surface area contributed by atoms with Crippen LogP contribution in [0.15, 0.2) is 18.2 Å². The first-order valence-corrected chi connectivity index (χ1v) is 6.78. The maximum atomic E-state index is 5.52. The fraction of sp³-hybridized carbons (Fsp3) is 0.625. The number of benzene rings is 1. The van der Waals surface area contributed by atoms with Crippen LogP contribution in [0.25, 0.3) is 0 Å². The Balaban J connectivity index is 3.15. The van der Waals surface area contributed by atoms with Crippen LogP contribution in [-0.2, 0) is 0 Å². The van der Waals surface area contributed by atoms with Gasteiger partial charge in [0.2, 0.25) is 0 Å². The number of methoxy groups -OCH3 is 1. The normalized spacial score (nSPS) is 13.4. The van der Waals surface area contributed by atoms with E-state index in [2.05, 4.69) is 58.1 Å². The van der Waals surface area contributed by atoms with Gasteiger partial charge in [-0.2, -0.15) is 0 Å². The summed E-state index contributed by atoms with van der Waals surface area (Å²) < 4.78 is 5.52. The fourth-order valence-corrected chi connectivity index (χ4v) is 2.25. The van der Waals surface area contributed by atoms with Crippen molar-refractivity contribution in [2.75, 3.05) is 13.7 Å². The second-order valence-electron chi connectivity index (χ2n) is 6.00. The highest BCUT2D eigenvalue weighted by molar-refractivity contribution is 5.40. The molecule has 0 aromatic heterocycles. The van der Waals surface area contributed by atoms with Crippen molar-refractivity contribution in [3.8, 4) is 5.75 Å². The SMILES string of the molecule is CCCNC(c1cc(C)ccc1OC)C(C)(C)C. The lowest BCUT2D eigenvalue weighted by atomic mass is 9.81. The van der Waals surface area contributed by atoms with Gasteiger partial charge in [-0.25, -0.2) is 0 Å². The Morgan fingerprint density at radius 3 is 2.44 bits per heavy atom. The third-order valence-corrected chi connectivity index (χ3v) is 3.16. The van der Waals surface area contributed by atoms with Crippen LogP contribution in [0.2, 0.25) is 0 Å².